The highest BCUT2D eigenvalue weighted by Gasteiger charge is 2.37. The molecule has 0 aliphatic carbocycles. The van der Waals surface area contributed by atoms with Gasteiger partial charge in [-0.1, -0.05) is 48.5 Å². The summed E-state index contributed by atoms with van der Waals surface area (Å²) in [5, 5.41) is 11.2. The van der Waals surface area contributed by atoms with Crippen molar-refractivity contribution in [3.63, 3.8) is 0 Å². The minimum absolute atomic E-state index is 0.120. The molecule has 0 spiro atoms. The first kappa shape index (κ1) is 28.8. The predicted molar refractivity (Wildman–Crippen MR) is 145 cm³/mol. The van der Waals surface area contributed by atoms with Crippen molar-refractivity contribution in [3.05, 3.63) is 101 Å². The van der Waals surface area contributed by atoms with E-state index in [-0.39, 0.29) is 22.5 Å². The average molecular weight is 624 g/mol. The molecule has 3 aromatic carbocycles. The van der Waals surface area contributed by atoms with E-state index < -0.39 is 43.6 Å². The van der Waals surface area contributed by atoms with Crippen molar-refractivity contribution in [2.24, 2.45) is 5.14 Å². The summed E-state index contributed by atoms with van der Waals surface area (Å²) < 4.78 is 96.9. The lowest BCUT2D eigenvalue weighted by molar-refractivity contribution is -0.137. The number of fused-ring (bicyclic) bond motifs is 1. The van der Waals surface area contributed by atoms with Gasteiger partial charge in [-0.15, -0.1) is 21.5 Å². The predicted octanol–water partition coefficient (Wildman–Crippen LogP) is 4.36. The molecule has 1 unspecified atom stereocenters. The fraction of sp³-hybridized carbons (Fsp3) is 0.160. The molecular weight excluding hydrogens is 604 g/mol. The maximum Gasteiger partial charge on any atom is 0.416 e. The molecule has 5 rings (SSSR count). The van der Waals surface area contributed by atoms with Crippen molar-refractivity contribution in [1.29, 1.82) is 0 Å². The highest BCUT2D eigenvalue weighted by Crippen LogP contribution is 2.38. The number of nitrogens with two attached hydrogens (primary N) is 1. The van der Waals surface area contributed by atoms with E-state index in [2.05, 4.69) is 15.2 Å². The molecule has 0 aliphatic rings. The Morgan fingerprint density at radius 3 is 2.27 bits per heavy atom. The normalized spacial score (nSPS) is 13.5. The van der Waals surface area contributed by atoms with Crippen LogP contribution in [0.3, 0.4) is 0 Å². The number of benzene rings is 3. The summed E-state index contributed by atoms with van der Waals surface area (Å²) >= 11 is 1.05. The molecule has 0 saturated heterocycles. The minimum atomic E-state index is -4.46. The van der Waals surface area contributed by atoms with Gasteiger partial charge in [-0.05, 0) is 41.0 Å². The fourth-order valence-electron chi connectivity index (χ4n) is 3.99. The van der Waals surface area contributed by atoms with E-state index in [9.17, 15) is 30.0 Å². The maximum absolute atomic E-state index is 13.7. The van der Waals surface area contributed by atoms with Gasteiger partial charge in [0.15, 0.2) is 15.1 Å². The fourth-order valence-corrected chi connectivity index (χ4v) is 7.47. The molecule has 0 bridgehead atoms. The van der Waals surface area contributed by atoms with Crippen molar-refractivity contribution in [3.8, 4) is 11.1 Å². The number of nitrogens with zero attached hydrogens (tertiary/aromatic N) is 3. The third-order valence-electron chi connectivity index (χ3n) is 5.88. The molecule has 16 heteroatoms. The van der Waals surface area contributed by atoms with Gasteiger partial charge in [0.05, 0.1) is 28.1 Å². The first-order chi connectivity index (χ1) is 19.3. The molecule has 0 aliphatic heterocycles. The molecule has 0 saturated carbocycles. The van der Waals surface area contributed by atoms with E-state index in [1.165, 1.54) is 12.1 Å². The van der Waals surface area contributed by atoms with E-state index in [1.807, 2.05) is 4.72 Å². The number of halogens is 3. The van der Waals surface area contributed by atoms with Gasteiger partial charge in [0.1, 0.15) is 5.01 Å². The number of alkyl halides is 3. The average Bonchev–Trinajstić information content (AvgIpc) is 3.53. The van der Waals surface area contributed by atoms with Crippen LogP contribution in [0.4, 0.5) is 13.2 Å². The number of hydrogen-bond donors (Lipinski definition) is 2. The number of rotatable bonds is 9. The summed E-state index contributed by atoms with van der Waals surface area (Å²) in [5.74, 6) is -0.896. The van der Waals surface area contributed by atoms with Gasteiger partial charge in [0.2, 0.25) is 11.8 Å². The Hall–Kier alpha value is -3.70. The Labute approximate surface area is 236 Å². The molecule has 3 N–H and O–H groups in total. The second-order valence-electron chi connectivity index (χ2n) is 8.88. The molecule has 2 aromatic heterocycles. The molecule has 2 heterocycles. The van der Waals surface area contributed by atoms with Gasteiger partial charge in [-0.3, -0.25) is 0 Å². The van der Waals surface area contributed by atoms with Gasteiger partial charge in [-0.25, -0.2) is 18.5 Å². The SMILES string of the molecule is NS(=O)(=O)NCc1nnc(C(c2nc3ccc(-c4ccc(C(F)(F)F)cc4)cc3s2)S(=O)(=O)Cc2ccccc2)o1. The number of hydrogen-bond acceptors (Lipinski definition) is 9. The summed E-state index contributed by atoms with van der Waals surface area (Å²) in [7, 11) is -8.13. The Kier molecular flexibility index (Phi) is 7.69. The van der Waals surface area contributed by atoms with E-state index in [4.69, 9.17) is 9.56 Å². The van der Waals surface area contributed by atoms with Gasteiger partial charge < -0.3 is 4.42 Å². The summed E-state index contributed by atoms with van der Waals surface area (Å²) in [5.41, 5.74) is 1.34. The molecule has 1 atom stereocenters. The van der Waals surface area contributed by atoms with Gasteiger partial charge >= 0.3 is 6.18 Å². The zero-order valence-corrected chi connectivity index (χ0v) is 23.2. The highest BCUT2D eigenvalue weighted by atomic mass is 32.2. The highest BCUT2D eigenvalue weighted by molar-refractivity contribution is 7.91. The van der Waals surface area contributed by atoms with Crippen LogP contribution in [-0.4, -0.2) is 32.0 Å². The quantitative estimate of drug-likeness (QED) is 0.245. The van der Waals surface area contributed by atoms with Crippen LogP contribution in [0.2, 0.25) is 0 Å². The van der Waals surface area contributed by atoms with Crippen LogP contribution >= 0.6 is 11.3 Å². The van der Waals surface area contributed by atoms with Crippen molar-refractivity contribution in [2.45, 2.75) is 23.7 Å². The Morgan fingerprint density at radius 1 is 0.927 bits per heavy atom. The topological polar surface area (TPSA) is 158 Å². The van der Waals surface area contributed by atoms with Crippen molar-refractivity contribution in [1.82, 2.24) is 19.9 Å². The van der Waals surface area contributed by atoms with Crippen LogP contribution in [0.15, 0.2) is 77.2 Å². The van der Waals surface area contributed by atoms with Crippen LogP contribution in [0.1, 0.15) is 33.2 Å². The van der Waals surface area contributed by atoms with Crippen LogP contribution in [0.25, 0.3) is 21.3 Å². The Balaban J connectivity index is 1.53. The molecule has 0 radical (unpaired) electrons. The number of thiazole rings is 1. The van der Waals surface area contributed by atoms with Gasteiger partial charge in [0.25, 0.3) is 10.2 Å². The number of nitrogens with one attached hydrogen (secondary N) is 1. The monoisotopic (exact) mass is 623 g/mol. The summed E-state index contributed by atoms with van der Waals surface area (Å²) in [4.78, 5) is 4.50. The van der Waals surface area contributed by atoms with Crippen LogP contribution in [0.5, 0.6) is 0 Å². The lowest BCUT2D eigenvalue weighted by Crippen LogP contribution is -2.30. The second-order valence-corrected chi connectivity index (χ2v) is 13.4. The second kappa shape index (κ2) is 10.9. The molecule has 0 fully saturated rings. The first-order valence-electron chi connectivity index (χ1n) is 11.7. The molecule has 0 amide bonds. The maximum atomic E-state index is 13.7. The zero-order valence-electron chi connectivity index (χ0n) is 20.7. The van der Waals surface area contributed by atoms with Crippen molar-refractivity contribution < 1.29 is 34.4 Å². The molecule has 5 aromatic rings. The molecule has 10 nitrogen and oxygen atoms in total. The zero-order chi connectivity index (χ0) is 29.4. The third kappa shape index (κ3) is 6.79. The molecule has 41 heavy (non-hydrogen) atoms. The lowest BCUT2D eigenvalue weighted by atomic mass is 10.0. The minimum Gasteiger partial charge on any atom is -0.422 e. The first-order valence-corrected chi connectivity index (χ1v) is 15.8. The summed E-state index contributed by atoms with van der Waals surface area (Å²) in [6.45, 7) is -0.451. The third-order valence-corrected chi connectivity index (χ3v) is 9.53. The number of sulfone groups is 1. The molecular formula is C25H20F3N5O5S3. The van der Waals surface area contributed by atoms with E-state index >= 15 is 0 Å². The number of aromatic nitrogens is 3. The Morgan fingerprint density at radius 2 is 1.61 bits per heavy atom. The lowest BCUT2D eigenvalue weighted by Gasteiger charge is -2.12. The van der Waals surface area contributed by atoms with E-state index in [0.29, 0.717) is 26.9 Å². The summed E-state index contributed by atoms with van der Waals surface area (Å²) in [6, 6.07) is 18.1. The van der Waals surface area contributed by atoms with Crippen LogP contribution in [0, 0.1) is 0 Å². The Bertz CT molecular complexity index is 1910. The van der Waals surface area contributed by atoms with E-state index in [0.717, 1.165) is 23.5 Å². The largest absolute Gasteiger partial charge is 0.422 e. The van der Waals surface area contributed by atoms with Gasteiger partial charge in [-0.2, -0.15) is 26.3 Å². The molecule has 214 valence electrons. The smallest absolute Gasteiger partial charge is 0.416 e. The van der Waals surface area contributed by atoms with Crippen LogP contribution < -0.4 is 9.86 Å². The summed E-state index contributed by atoms with van der Waals surface area (Å²) in [6.07, 6.45) is -4.46. The standard InChI is InChI=1S/C25H20F3N5O5S3/c26-25(27,28)18-9-6-16(7-10-18)17-8-11-19-20(12-17)39-24(31-19)22(40(34,35)14-15-4-2-1-3-5-15)23-33-32-21(38-23)13-30-41(29,36)37/h1-12,22,30H,13-14H2,(H2,29,36,37). The van der Waals surface area contributed by atoms with Crippen molar-refractivity contribution >= 4 is 41.6 Å². The van der Waals surface area contributed by atoms with Crippen LogP contribution in [-0.2, 0) is 38.5 Å². The van der Waals surface area contributed by atoms with E-state index in [1.54, 1.807) is 48.5 Å². The van der Waals surface area contributed by atoms with Gasteiger partial charge in [0, 0.05) is 0 Å². The van der Waals surface area contributed by atoms with Crippen molar-refractivity contribution in [2.75, 3.05) is 0 Å².